The quantitative estimate of drug-likeness (QED) is 0.798. The van der Waals surface area contributed by atoms with Gasteiger partial charge in [-0.3, -0.25) is 14.9 Å². The van der Waals surface area contributed by atoms with E-state index in [4.69, 9.17) is 4.52 Å². The smallest absolute Gasteiger partial charge is 0.287 e. The first-order valence-electron chi connectivity index (χ1n) is 4.52. The Labute approximate surface area is 90.2 Å². The highest BCUT2D eigenvalue weighted by Crippen LogP contribution is 2.11. The van der Waals surface area contributed by atoms with Crippen molar-refractivity contribution in [1.29, 1.82) is 0 Å². The molecule has 1 atom stereocenters. The van der Waals surface area contributed by atoms with Gasteiger partial charge in [-0.15, -0.1) is 5.11 Å². The van der Waals surface area contributed by atoms with E-state index in [1.807, 2.05) is 0 Å². The highest BCUT2D eigenvalue weighted by Gasteiger charge is 2.19. The maximum atomic E-state index is 11.6. The summed E-state index contributed by atoms with van der Waals surface area (Å²) in [4.78, 5) is 22.3. The molecule has 7 heteroatoms. The van der Waals surface area contributed by atoms with Gasteiger partial charge in [0.15, 0.2) is 6.04 Å². The van der Waals surface area contributed by atoms with E-state index in [1.165, 1.54) is 12.2 Å². The Hall–Kier alpha value is -2.31. The molecule has 82 valence electrons. The summed E-state index contributed by atoms with van der Waals surface area (Å²) in [5.41, 5.74) is 0.659. The van der Waals surface area contributed by atoms with Crippen LogP contribution in [0.1, 0.15) is 5.69 Å². The number of hydrogen-bond donors (Lipinski definition) is 1. The lowest BCUT2D eigenvalue weighted by Crippen LogP contribution is -2.25. The van der Waals surface area contributed by atoms with Gasteiger partial charge in [-0.1, -0.05) is 5.16 Å². The van der Waals surface area contributed by atoms with Gasteiger partial charge in [0.25, 0.3) is 11.8 Å². The molecule has 16 heavy (non-hydrogen) atoms. The summed E-state index contributed by atoms with van der Waals surface area (Å²) >= 11 is 0. The van der Waals surface area contributed by atoms with Crippen molar-refractivity contribution in [2.45, 2.75) is 13.0 Å². The summed E-state index contributed by atoms with van der Waals surface area (Å²) in [5, 5.41) is 12.9. The van der Waals surface area contributed by atoms with E-state index in [2.05, 4.69) is 20.7 Å². The average Bonchev–Trinajstić information content (AvgIpc) is 2.65. The molecule has 2 heterocycles. The predicted molar refractivity (Wildman–Crippen MR) is 52.7 cm³/mol. The van der Waals surface area contributed by atoms with E-state index in [-0.39, 0.29) is 5.88 Å². The van der Waals surface area contributed by atoms with Crippen LogP contribution in [0.15, 0.2) is 33.0 Å². The van der Waals surface area contributed by atoms with Crippen LogP contribution in [0.25, 0.3) is 0 Å². The number of anilines is 1. The zero-order chi connectivity index (χ0) is 11.5. The SMILES string of the molecule is Cc1cc(NC(=O)C2C=CC(=O)N=N2)on1. The summed E-state index contributed by atoms with van der Waals surface area (Å²) in [7, 11) is 0. The number of amides is 2. The molecule has 0 bridgehead atoms. The van der Waals surface area contributed by atoms with Crippen molar-refractivity contribution in [3.8, 4) is 0 Å². The number of nitrogens with one attached hydrogen (secondary N) is 1. The molecular formula is C9H8N4O3. The number of aryl methyl sites for hydroxylation is 1. The fraction of sp³-hybridized carbons (Fsp3) is 0.222. The molecule has 1 N–H and O–H groups in total. The van der Waals surface area contributed by atoms with Crippen LogP contribution in [0.4, 0.5) is 5.88 Å². The highest BCUT2D eigenvalue weighted by molar-refractivity contribution is 5.98. The molecule has 1 aliphatic rings. The van der Waals surface area contributed by atoms with E-state index in [0.29, 0.717) is 5.69 Å². The van der Waals surface area contributed by atoms with Gasteiger partial charge in [-0.2, -0.15) is 5.11 Å². The summed E-state index contributed by atoms with van der Waals surface area (Å²) in [6, 6.07) is 0.773. The van der Waals surface area contributed by atoms with E-state index in [1.54, 1.807) is 13.0 Å². The number of carbonyl (C=O) groups excluding carboxylic acids is 2. The molecule has 0 aliphatic carbocycles. The van der Waals surface area contributed by atoms with Gasteiger partial charge in [-0.05, 0) is 13.0 Å². The fourth-order valence-corrected chi connectivity index (χ4v) is 1.12. The summed E-state index contributed by atoms with van der Waals surface area (Å²) in [6.45, 7) is 1.73. The Morgan fingerprint density at radius 3 is 2.94 bits per heavy atom. The zero-order valence-electron chi connectivity index (χ0n) is 8.38. The highest BCUT2D eigenvalue weighted by atomic mass is 16.5. The molecule has 0 saturated heterocycles. The number of azo groups is 1. The van der Waals surface area contributed by atoms with E-state index in [0.717, 1.165) is 0 Å². The Morgan fingerprint density at radius 1 is 1.56 bits per heavy atom. The minimum atomic E-state index is -0.803. The van der Waals surface area contributed by atoms with Crippen molar-refractivity contribution in [3.05, 3.63) is 23.9 Å². The lowest BCUT2D eigenvalue weighted by molar-refractivity contribution is -0.117. The van der Waals surface area contributed by atoms with Crippen LogP contribution < -0.4 is 5.32 Å². The lowest BCUT2D eigenvalue weighted by atomic mass is 10.2. The first kappa shape index (κ1) is 10.2. The Balaban J connectivity index is 2.01. The third-order valence-electron chi connectivity index (χ3n) is 1.84. The van der Waals surface area contributed by atoms with Crippen LogP contribution in [0.5, 0.6) is 0 Å². The largest absolute Gasteiger partial charge is 0.338 e. The van der Waals surface area contributed by atoms with Gasteiger partial charge < -0.3 is 4.52 Å². The molecule has 0 aromatic carbocycles. The minimum Gasteiger partial charge on any atom is -0.338 e. The van der Waals surface area contributed by atoms with Crippen LogP contribution in [0.2, 0.25) is 0 Å². The Kier molecular flexibility index (Phi) is 2.59. The number of rotatable bonds is 2. The molecule has 2 rings (SSSR count). The Bertz CT molecular complexity index is 473. The number of aromatic nitrogens is 1. The average molecular weight is 220 g/mol. The maximum Gasteiger partial charge on any atom is 0.287 e. The van der Waals surface area contributed by atoms with Crippen LogP contribution in [0, 0.1) is 6.92 Å². The van der Waals surface area contributed by atoms with E-state index >= 15 is 0 Å². The molecule has 1 unspecified atom stereocenters. The molecule has 1 aromatic heterocycles. The second-order valence-electron chi connectivity index (χ2n) is 3.18. The van der Waals surface area contributed by atoms with Crippen LogP contribution in [-0.2, 0) is 9.59 Å². The third kappa shape index (κ3) is 2.19. The van der Waals surface area contributed by atoms with Crippen molar-refractivity contribution >= 4 is 17.7 Å². The monoisotopic (exact) mass is 220 g/mol. The molecular weight excluding hydrogens is 212 g/mol. The van der Waals surface area contributed by atoms with Crippen LogP contribution >= 0.6 is 0 Å². The van der Waals surface area contributed by atoms with E-state index < -0.39 is 17.9 Å². The van der Waals surface area contributed by atoms with Crippen LogP contribution in [0.3, 0.4) is 0 Å². The van der Waals surface area contributed by atoms with Gasteiger partial charge in [0, 0.05) is 12.1 Å². The molecule has 0 radical (unpaired) electrons. The van der Waals surface area contributed by atoms with Crippen LogP contribution in [-0.4, -0.2) is 23.0 Å². The first-order valence-corrected chi connectivity index (χ1v) is 4.52. The number of carbonyl (C=O) groups is 2. The van der Waals surface area contributed by atoms with Crippen molar-refractivity contribution in [2.75, 3.05) is 5.32 Å². The third-order valence-corrected chi connectivity index (χ3v) is 1.84. The molecule has 0 saturated carbocycles. The summed E-state index contributed by atoms with van der Waals surface area (Å²) in [5.74, 6) is -0.661. The molecule has 1 aliphatic heterocycles. The summed E-state index contributed by atoms with van der Waals surface area (Å²) < 4.78 is 4.80. The fourth-order valence-electron chi connectivity index (χ4n) is 1.12. The number of nitrogens with zero attached hydrogens (tertiary/aromatic N) is 3. The van der Waals surface area contributed by atoms with E-state index in [9.17, 15) is 9.59 Å². The minimum absolute atomic E-state index is 0.239. The topological polar surface area (TPSA) is 96.9 Å². The predicted octanol–water partition coefficient (Wildman–Crippen LogP) is 0.839. The standard InChI is InChI=1S/C9H8N4O3/c1-5-4-8(16-13-5)10-9(15)6-2-3-7(14)12-11-6/h2-4,6H,1H3,(H,10,15). The number of hydrogen-bond acceptors (Lipinski definition) is 5. The second kappa shape index (κ2) is 4.05. The van der Waals surface area contributed by atoms with Gasteiger partial charge in [0.05, 0.1) is 5.69 Å². The van der Waals surface area contributed by atoms with Gasteiger partial charge in [0.2, 0.25) is 5.88 Å². The molecule has 0 spiro atoms. The van der Waals surface area contributed by atoms with Gasteiger partial charge in [-0.25, -0.2) is 0 Å². The molecule has 2 amide bonds. The molecule has 1 aromatic rings. The van der Waals surface area contributed by atoms with Crippen molar-refractivity contribution in [2.24, 2.45) is 10.2 Å². The van der Waals surface area contributed by atoms with Gasteiger partial charge in [0.1, 0.15) is 0 Å². The maximum absolute atomic E-state index is 11.6. The van der Waals surface area contributed by atoms with Crippen molar-refractivity contribution in [1.82, 2.24) is 5.16 Å². The second-order valence-corrected chi connectivity index (χ2v) is 3.18. The first-order chi connectivity index (χ1) is 7.65. The lowest BCUT2D eigenvalue weighted by Gasteiger charge is -2.06. The van der Waals surface area contributed by atoms with Crippen molar-refractivity contribution in [3.63, 3.8) is 0 Å². The summed E-state index contributed by atoms with van der Waals surface area (Å²) in [6.07, 6.45) is 2.57. The molecule has 0 fully saturated rings. The normalized spacial score (nSPS) is 18.8. The molecule has 7 nitrogen and oxygen atoms in total. The zero-order valence-corrected chi connectivity index (χ0v) is 8.38. The van der Waals surface area contributed by atoms with Gasteiger partial charge >= 0.3 is 0 Å². The Morgan fingerprint density at radius 2 is 2.38 bits per heavy atom. The van der Waals surface area contributed by atoms with Crippen molar-refractivity contribution < 1.29 is 14.1 Å².